The highest BCUT2D eigenvalue weighted by Crippen LogP contribution is 2.19. The monoisotopic (exact) mass is 1150 g/mol. The zero-order chi connectivity index (χ0) is 59.2. The van der Waals surface area contributed by atoms with Gasteiger partial charge in [0, 0.05) is 19.3 Å². The Morgan fingerprint density at radius 1 is 0.256 bits per heavy atom. The molecule has 0 aromatic heterocycles. The maximum Gasteiger partial charge on any atom is 0.306 e. The summed E-state index contributed by atoms with van der Waals surface area (Å²) in [4.78, 5) is 38.5. The van der Waals surface area contributed by atoms with Crippen LogP contribution >= 0.6 is 0 Å². The Kier molecular flexibility index (Phi) is 68.6. The van der Waals surface area contributed by atoms with Crippen LogP contribution in [0.2, 0.25) is 0 Å². The number of hydrogen-bond donors (Lipinski definition) is 0. The van der Waals surface area contributed by atoms with E-state index in [4.69, 9.17) is 14.2 Å². The zero-order valence-electron chi connectivity index (χ0n) is 55.3. The fourth-order valence-electron chi connectivity index (χ4n) is 11.1. The first-order valence-corrected chi connectivity index (χ1v) is 36.6. The molecule has 480 valence electrons. The number of carbonyl (C=O) groups excluding carboxylic acids is 3. The molecule has 0 spiro atoms. The number of rotatable bonds is 68. The lowest BCUT2D eigenvalue weighted by Crippen LogP contribution is -2.30. The van der Waals surface area contributed by atoms with Crippen LogP contribution in [0.3, 0.4) is 0 Å². The molecule has 0 fully saturated rings. The second-order valence-electron chi connectivity index (χ2n) is 24.8. The van der Waals surface area contributed by atoms with E-state index in [0.29, 0.717) is 19.3 Å². The van der Waals surface area contributed by atoms with Crippen LogP contribution in [0.5, 0.6) is 0 Å². The van der Waals surface area contributed by atoms with E-state index in [0.717, 1.165) is 83.5 Å². The SMILES string of the molecule is CC/C=C\C/C=C\C/C=C\C/C=C\CCCCCCCCCCCCCCCCC(=O)OCC(COC(=O)CCCCCCCCCCCCCCCCC)OC(=O)CCCCCCCCCCCCCCCCCCCCCCCC. The van der Waals surface area contributed by atoms with Crippen LogP contribution in [0.4, 0.5) is 0 Å². The molecule has 1 unspecified atom stereocenters. The zero-order valence-corrected chi connectivity index (χ0v) is 55.3. The summed E-state index contributed by atoms with van der Waals surface area (Å²) in [5.41, 5.74) is 0. The third-order valence-electron chi connectivity index (χ3n) is 16.6. The highest BCUT2D eigenvalue weighted by molar-refractivity contribution is 5.71. The van der Waals surface area contributed by atoms with Crippen LogP contribution in [0.1, 0.15) is 400 Å². The molecule has 0 bridgehead atoms. The summed E-state index contributed by atoms with van der Waals surface area (Å²) in [7, 11) is 0. The predicted octanol–water partition coefficient (Wildman–Crippen LogP) is 25.3. The fourth-order valence-corrected chi connectivity index (χ4v) is 11.1. The first-order chi connectivity index (χ1) is 40.5. The van der Waals surface area contributed by atoms with E-state index < -0.39 is 6.10 Å². The highest BCUT2D eigenvalue weighted by Gasteiger charge is 2.19. The van der Waals surface area contributed by atoms with Crippen molar-refractivity contribution in [3.8, 4) is 0 Å². The van der Waals surface area contributed by atoms with Gasteiger partial charge in [-0.25, -0.2) is 0 Å². The summed E-state index contributed by atoms with van der Waals surface area (Å²) in [6, 6.07) is 0. The van der Waals surface area contributed by atoms with Crippen molar-refractivity contribution in [3.63, 3.8) is 0 Å². The Bertz CT molecular complexity index is 1410. The average Bonchev–Trinajstić information content (AvgIpc) is 3.47. The number of hydrogen-bond acceptors (Lipinski definition) is 6. The topological polar surface area (TPSA) is 78.9 Å². The van der Waals surface area contributed by atoms with Crippen molar-refractivity contribution in [1.82, 2.24) is 0 Å². The van der Waals surface area contributed by atoms with Crippen molar-refractivity contribution in [1.29, 1.82) is 0 Å². The van der Waals surface area contributed by atoms with Gasteiger partial charge in [0.1, 0.15) is 13.2 Å². The number of ether oxygens (including phenoxy) is 3. The van der Waals surface area contributed by atoms with E-state index in [1.165, 1.54) is 276 Å². The molecule has 0 aliphatic rings. The average molecular weight is 1150 g/mol. The summed E-state index contributed by atoms with van der Waals surface area (Å²) in [6.45, 7) is 6.61. The molecule has 0 aliphatic heterocycles. The lowest BCUT2D eigenvalue weighted by atomic mass is 10.0. The minimum Gasteiger partial charge on any atom is -0.462 e. The molecule has 6 heteroatoms. The number of carbonyl (C=O) groups is 3. The highest BCUT2D eigenvalue weighted by atomic mass is 16.6. The van der Waals surface area contributed by atoms with Gasteiger partial charge in [-0.3, -0.25) is 14.4 Å². The normalized spacial score (nSPS) is 12.3. The molecule has 1 atom stereocenters. The summed E-state index contributed by atoms with van der Waals surface area (Å²) in [5.74, 6) is -0.833. The maximum absolute atomic E-state index is 13.0. The van der Waals surface area contributed by atoms with E-state index in [2.05, 4.69) is 69.4 Å². The van der Waals surface area contributed by atoms with Crippen molar-refractivity contribution in [2.24, 2.45) is 0 Å². The van der Waals surface area contributed by atoms with Gasteiger partial charge in [-0.05, 0) is 57.8 Å². The second kappa shape index (κ2) is 70.9. The lowest BCUT2D eigenvalue weighted by molar-refractivity contribution is -0.167. The molecule has 0 aliphatic carbocycles. The van der Waals surface area contributed by atoms with E-state index >= 15 is 0 Å². The van der Waals surface area contributed by atoms with Gasteiger partial charge in [-0.1, -0.05) is 371 Å². The summed E-state index contributed by atoms with van der Waals surface area (Å²) >= 11 is 0. The Labute approximate surface area is 511 Å². The Morgan fingerprint density at radius 3 is 0.744 bits per heavy atom. The first kappa shape index (κ1) is 79.4. The van der Waals surface area contributed by atoms with Gasteiger partial charge >= 0.3 is 17.9 Å². The molecule has 82 heavy (non-hydrogen) atoms. The van der Waals surface area contributed by atoms with Gasteiger partial charge in [0.25, 0.3) is 0 Å². The van der Waals surface area contributed by atoms with Crippen LogP contribution in [-0.4, -0.2) is 37.2 Å². The van der Waals surface area contributed by atoms with Crippen LogP contribution in [-0.2, 0) is 28.6 Å². The van der Waals surface area contributed by atoms with Crippen LogP contribution in [0, 0.1) is 0 Å². The van der Waals surface area contributed by atoms with Gasteiger partial charge < -0.3 is 14.2 Å². The first-order valence-electron chi connectivity index (χ1n) is 36.6. The van der Waals surface area contributed by atoms with Crippen molar-refractivity contribution in [2.75, 3.05) is 13.2 Å². The molecule has 0 N–H and O–H groups in total. The summed E-state index contributed by atoms with van der Waals surface area (Å²) in [6.07, 6.45) is 90.0. The molecule has 0 rings (SSSR count). The smallest absolute Gasteiger partial charge is 0.306 e. The number of esters is 3. The minimum atomic E-state index is -0.770. The number of unbranched alkanes of at least 4 members (excludes halogenated alkanes) is 49. The molecule has 0 saturated carbocycles. The van der Waals surface area contributed by atoms with E-state index in [1.54, 1.807) is 0 Å². The van der Waals surface area contributed by atoms with Crippen LogP contribution in [0.15, 0.2) is 48.6 Å². The van der Waals surface area contributed by atoms with Crippen molar-refractivity contribution >= 4 is 17.9 Å². The summed E-state index contributed by atoms with van der Waals surface area (Å²) in [5, 5.41) is 0. The van der Waals surface area contributed by atoms with Gasteiger partial charge in [0.05, 0.1) is 0 Å². The van der Waals surface area contributed by atoms with Crippen LogP contribution < -0.4 is 0 Å². The lowest BCUT2D eigenvalue weighted by Gasteiger charge is -2.18. The molecule has 0 aromatic carbocycles. The van der Waals surface area contributed by atoms with Crippen molar-refractivity contribution < 1.29 is 28.6 Å². The van der Waals surface area contributed by atoms with E-state index in [9.17, 15) is 14.4 Å². The molecule has 0 radical (unpaired) electrons. The fraction of sp³-hybridized carbons (Fsp3) is 0.855. The molecular weight excluding hydrogens is 1010 g/mol. The van der Waals surface area contributed by atoms with Crippen molar-refractivity contribution in [2.45, 2.75) is 406 Å². The quantitative estimate of drug-likeness (QED) is 0.0261. The molecule has 0 amide bonds. The minimum absolute atomic E-state index is 0.0658. The molecule has 0 saturated heterocycles. The van der Waals surface area contributed by atoms with E-state index in [1.807, 2.05) is 0 Å². The Balaban J connectivity index is 4.24. The maximum atomic E-state index is 13.0. The third kappa shape index (κ3) is 68.2. The largest absolute Gasteiger partial charge is 0.462 e. The van der Waals surface area contributed by atoms with Gasteiger partial charge in [-0.15, -0.1) is 0 Å². The molecule has 0 heterocycles. The van der Waals surface area contributed by atoms with Crippen molar-refractivity contribution in [3.05, 3.63) is 48.6 Å². The third-order valence-corrected chi connectivity index (χ3v) is 16.6. The summed E-state index contributed by atoms with van der Waals surface area (Å²) < 4.78 is 17.0. The van der Waals surface area contributed by atoms with Gasteiger partial charge in [0.2, 0.25) is 0 Å². The Hall–Kier alpha value is -2.63. The molecular formula is C76H140O6. The Morgan fingerprint density at radius 2 is 0.476 bits per heavy atom. The number of allylic oxidation sites excluding steroid dienone is 8. The van der Waals surface area contributed by atoms with E-state index in [-0.39, 0.29) is 31.1 Å². The molecule has 6 nitrogen and oxygen atoms in total. The predicted molar refractivity (Wildman–Crippen MR) is 358 cm³/mol. The van der Waals surface area contributed by atoms with Gasteiger partial charge in [-0.2, -0.15) is 0 Å². The second-order valence-corrected chi connectivity index (χ2v) is 24.8. The standard InChI is InChI=1S/C76H140O6/c1-4-7-10-13-16-19-22-25-28-30-32-34-36-37-38-39-40-42-43-45-48-51-54-57-60-63-66-69-75(78)81-72-73(71-80-74(77)68-65-62-59-56-53-50-47-27-24-21-18-15-12-9-6-3)82-76(79)70-67-64-61-58-55-52-49-46-44-41-35-33-31-29-26-23-20-17-14-11-8-5-2/h7,10,16,19,25,28,32,34,73H,4-6,8-9,11-15,17-18,20-24,26-27,29-31,33,35-72H2,1-3H3/b10-7-,19-16-,28-25-,34-32-. The van der Waals surface area contributed by atoms with Gasteiger partial charge in [0.15, 0.2) is 6.10 Å². The molecule has 0 aromatic rings. The van der Waals surface area contributed by atoms with Crippen LogP contribution in [0.25, 0.3) is 0 Å².